The van der Waals surface area contributed by atoms with E-state index in [0.29, 0.717) is 22.3 Å². The molecule has 4 saturated carbocycles. The van der Waals surface area contributed by atoms with Gasteiger partial charge in [-0.05, 0) is 86.6 Å². The molecule has 4 N–H and O–H groups in total. The monoisotopic (exact) mass is 338 g/mol. The van der Waals surface area contributed by atoms with Crippen molar-refractivity contribution in [2.24, 2.45) is 23.7 Å². The summed E-state index contributed by atoms with van der Waals surface area (Å²) < 4.78 is 0. The first-order valence-electron chi connectivity index (χ1n) is 8.80. The van der Waals surface area contributed by atoms with Crippen molar-refractivity contribution in [2.45, 2.75) is 63.5 Å². The second-order valence-electron chi connectivity index (χ2n) is 7.76. The molecular formula is C16H26N4S2. The van der Waals surface area contributed by atoms with Gasteiger partial charge in [0, 0.05) is 12.1 Å². The van der Waals surface area contributed by atoms with Crippen LogP contribution >= 0.6 is 24.4 Å². The number of fused-ring (bicyclic) bond motifs is 4. The third kappa shape index (κ3) is 3.04. The average Bonchev–Trinajstić information content (AvgIpc) is 3.25. The maximum atomic E-state index is 5.39. The molecule has 22 heavy (non-hydrogen) atoms. The molecule has 0 aromatic carbocycles. The van der Waals surface area contributed by atoms with Crippen molar-refractivity contribution < 1.29 is 0 Å². The molecule has 0 aliphatic heterocycles. The van der Waals surface area contributed by atoms with Crippen molar-refractivity contribution in [1.82, 2.24) is 21.5 Å². The molecule has 0 amide bonds. The Morgan fingerprint density at radius 3 is 1.41 bits per heavy atom. The zero-order chi connectivity index (χ0) is 15.1. The van der Waals surface area contributed by atoms with Crippen molar-refractivity contribution >= 4 is 34.7 Å². The first-order valence-corrected chi connectivity index (χ1v) is 9.62. The Hall–Kier alpha value is -0.620. The van der Waals surface area contributed by atoms with Crippen LogP contribution in [0.3, 0.4) is 0 Å². The molecular weight excluding hydrogens is 312 g/mol. The highest BCUT2D eigenvalue weighted by molar-refractivity contribution is 7.80. The minimum Gasteiger partial charge on any atom is -0.358 e. The highest BCUT2D eigenvalue weighted by atomic mass is 32.1. The molecule has 4 aliphatic carbocycles. The molecule has 6 atom stereocenters. The van der Waals surface area contributed by atoms with Gasteiger partial charge in [-0.3, -0.25) is 10.9 Å². The zero-order valence-electron chi connectivity index (χ0n) is 12.9. The van der Waals surface area contributed by atoms with Gasteiger partial charge in [-0.15, -0.1) is 0 Å². The predicted molar refractivity (Wildman–Crippen MR) is 96.2 cm³/mol. The van der Waals surface area contributed by atoms with Crippen LogP contribution < -0.4 is 21.5 Å². The molecule has 4 nitrogen and oxygen atoms in total. The SMILES string of the molecule is S=C(NNC(=S)N[C@@H]1C[C@@H]2CC[C@@H]1C2)N[C@H]1C[C@H]2CC[C@H]1C2. The second kappa shape index (κ2) is 6.11. The normalized spacial score (nSPS) is 41.5. The Bertz CT molecular complexity index is 427. The van der Waals surface area contributed by atoms with Gasteiger partial charge in [-0.2, -0.15) is 0 Å². The van der Waals surface area contributed by atoms with E-state index in [1.54, 1.807) is 0 Å². The minimum absolute atomic E-state index is 0.563. The third-order valence-electron chi connectivity index (χ3n) is 6.40. The second-order valence-corrected chi connectivity index (χ2v) is 8.58. The lowest BCUT2D eigenvalue weighted by molar-refractivity contribution is 0.385. The van der Waals surface area contributed by atoms with Crippen molar-refractivity contribution in [1.29, 1.82) is 0 Å². The number of hydrogen-bond donors (Lipinski definition) is 4. The van der Waals surface area contributed by atoms with Crippen LogP contribution in [0, 0.1) is 23.7 Å². The molecule has 0 heterocycles. The molecule has 4 fully saturated rings. The van der Waals surface area contributed by atoms with E-state index < -0.39 is 0 Å². The van der Waals surface area contributed by atoms with Gasteiger partial charge in [0.1, 0.15) is 0 Å². The maximum Gasteiger partial charge on any atom is 0.185 e. The summed E-state index contributed by atoms with van der Waals surface area (Å²) in [5.41, 5.74) is 6.11. The smallest absolute Gasteiger partial charge is 0.185 e. The van der Waals surface area contributed by atoms with Crippen LogP contribution in [-0.4, -0.2) is 22.3 Å². The van der Waals surface area contributed by atoms with Gasteiger partial charge in [0.15, 0.2) is 10.2 Å². The fourth-order valence-corrected chi connectivity index (χ4v) is 5.77. The highest BCUT2D eigenvalue weighted by Gasteiger charge is 2.40. The molecule has 0 unspecified atom stereocenters. The van der Waals surface area contributed by atoms with Gasteiger partial charge in [0.2, 0.25) is 0 Å². The van der Waals surface area contributed by atoms with E-state index in [9.17, 15) is 0 Å². The number of hydrogen-bond acceptors (Lipinski definition) is 2. The molecule has 122 valence electrons. The fourth-order valence-electron chi connectivity index (χ4n) is 5.37. The maximum absolute atomic E-state index is 5.39. The van der Waals surface area contributed by atoms with Crippen molar-refractivity contribution in [2.75, 3.05) is 0 Å². The summed E-state index contributed by atoms with van der Waals surface area (Å²) in [6.45, 7) is 0. The number of thiocarbonyl (C=S) groups is 2. The van der Waals surface area contributed by atoms with Crippen molar-refractivity contribution in [3.05, 3.63) is 0 Å². The van der Waals surface area contributed by atoms with Crippen molar-refractivity contribution in [3.8, 4) is 0 Å². The summed E-state index contributed by atoms with van der Waals surface area (Å²) in [5, 5.41) is 8.26. The molecule has 6 heteroatoms. The average molecular weight is 339 g/mol. The standard InChI is InChI=1S/C16H26N4S2/c21-15(17-13-7-9-1-3-11(13)5-9)19-20-16(22)18-14-8-10-2-4-12(14)6-10/h9-14H,1-8H2,(H2,17,19,21)(H2,18,20,22)/t9-,10+,11-,12+,13-,14+. The van der Waals surface area contributed by atoms with E-state index in [1.165, 1.54) is 51.4 Å². The number of nitrogens with one attached hydrogen (secondary N) is 4. The lowest BCUT2D eigenvalue weighted by Crippen LogP contribution is -2.54. The summed E-state index contributed by atoms with van der Waals surface area (Å²) in [5.74, 6) is 3.50. The van der Waals surface area contributed by atoms with E-state index in [4.69, 9.17) is 24.4 Å². The van der Waals surface area contributed by atoms with Crippen LogP contribution in [0.1, 0.15) is 51.4 Å². The Kier molecular flexibility index (Phi) is 4.15. The summed E-state index contributed by atoms with van der Waals surface area (Å²) in [4.78, 5) is 0. The van der Waals surface area contributed by atoms with Crippen LogP contribution in [-0.2, 0) is 0 Å². The number of rotatable bonds is 2. The predicted octanol–water partition coefficient (Wildman–Crippen LogP) is 2.21. The topological polar surface area (TPSA) is 48.1 Å². The van der Waals surface area contributed by atoms with E-state index in [1.807, 2.05) is 0 Å². The van der Waals surface area contributed by atoms with Crippen LogP contribution in [0.25, 0.3) is 0 Å². The lowest BCUT2D eigenvalue weighted by Gasteiger charge is -2.26. The Morgan fingerprint density at radius 2 is 1.09 bits per heavy atom. The zero-order valence-corrected chi connectivity index (χ0v) is 14.6. The first-order chi connectivity index (χ1) is 10.7. The molecule has 0 radical (unpaired) electrons. The van der Waals surface area contributed by atoms with Gasteiger partial charge >= 0.3 is 0 Å². The summed E-state index contributed by atoms with van der Waals surface area (Å²) >= 11 is 10.8. The van der Waals surface area contributed by atoms with Gasteiger partial charge in [0.25, 0.3) is 0 Å². The fraction of sp³-hybridized carbons (Fsp3) is 0.875. The van der Waals surface area contributed by atoms with Crippen LogP contribution in [0.5, 0.6) is 0 Å². The van der Waals surface area contributed by atoms with E-state index in [2.05, 4.69) is 21.5 Å². The molecule has 0 aromatic rings. The molecule has 4 bridgehead atoms. The van der Waals surface area contributed by atoms with Gasteiger partial charge in [0.05, 0.1) is 0 Å². The summed E-state index contributed by atoms with van der Waals surface area (Å²) in [6.07, 6.45) is 10.9. The summed E-state index contributed by atoms with van der Waals surface area (Å²) in [7, 11) is 0. The molecule has 4 rings (SSSR count). The molecule has 0 spiro atoms. The largest absolute Gasteiger partial charge is 0.358 e. The number of hydrazine groups is 1. The van der Waals surface area contributed by atoms with Gasteiger partial charge in [-0.25, -0.2) is 0 Å². The Balaban J connectivity index is 1.16. The summed E-state index contributed by atoms with van der Waals surface area (Å²) in [6, 6.07) is 1.13. The van der Waals surface area contributed by atoms with E-state index in [0.717, 1.165) is 23.7 Å². The minimum atomic E-state index is 0.563. The molecule has 0 saturated heterocycles. The molecule has 4 aliphatic rings. The third-order valence-corrected chi connectivity index (χ3v) is 6.84. The van der Waals surface area contributed by atoms with Crippen LogP contribution in [0.2, 0.25) is 0 Å². The van der Waals surface area contributed by atoms with E-state index >= 15 is 0 Å². The van der Waals surface area contributed by atoms with Crippen LogP contribution in [0.4, 0.5) is 0 Å². The first kappa shape index (κ1) is 14.9. The Labute approximate surface area is 143 Å². The Morgan fingerprint density at radius 1 is 0.636 bits per heavy atom. The molecule has 0 aromatic heterocycles. The van der Waals surface area contributed by atoms with Gasteiger partial charge < -0.3 is 10.6 Å². The van der Waals surface area contributed by atoms with E-state index in [-0.39, 0.29) is 0 Å². The van der Waals surface area contributed by atoms with Gasteiger partial charge in [-0.1, -0.05) is 12.8 Å². The van der Waals surface area contributed by atoms with Crippen LogP contribution in [0.15, 0.2) is 0 Å². The lowest BCUT2D eigenvalue weighted by atomic mass is 9.95. The van der Waals surface area contributed by atoms with Crippen molar-refractivity contribution in [3.63, 3.8) is 0 Å². The highest BCUT2D eigenvalue weighted by Crippen LogP contribution is 2.45. The quantitative estimate of drug-likeness (QED) is 0.457.